The number of nitro benzene ring substituents is 1. The van der Waals surface area contributed by atoms with Crippen molar-refractivity contribution in [3.05, 3.63) is 34.4 Å². The second-order valence-corrected chi connectivity index (χ2v) is 5.34. The summed E-state index contributed by atoms with van der Waals surface area (Å²) in [4.78, 5) is 12.5. The Hall–Kier alpha value is -1.58. The van der Waals surface area contributed by atoms with Crippen LogP contribution in [0.15, 0.2) is 24.3 Å². The van der Waals surface area contributed by atoms with Gasteiger partial charge in [0.05, 0.1) is 4.92 Å². The van der Waals surface area contributed by atoms with Crippen LogP contribution < -0.4 is 4.90 Å². The molecule has 0 aromatic heterocycles. The lowest BCUT2D eigenvalue weighted by atomic mass is 9.78. The van der Waals surface area contributed by atoms with Crippen molar-refractivity contribution >= 4 is 11.4 Å². The van der Waals surface area contributed by atoms with E-state index in [0.717, 1.165) is 18.8 Å². The minimum absolute atomic E-state index is 0.171. The molecule has 4 heteroatoms. The zero-order valence-corrected chi connectivity index (χ0v) is 9.76. The van der Waals surface area contributed by atoms with Crippen LogP contribution in [0.5, 0.6) is 0 Å². The maximum absolute atomic E-state index is 10.6. The van der Waals surface area contributed by atoms with Crippen molar-refractivity contribution in [3.63, 3.8) is 0 Å². The molecular formula is C13H16N2O2. The monoisotopic (exact) mass is 232 g/mol. The number of nitrogens with zero attached hydrogens (tertiary/aromatic N) is 2. The number of benzene rings is 1. The van der Waals surface area contributed by atoms with Gasteiger partial charge in [0, 0.05) is 36.3 Å². The van der Waals surface area contributed by atoms with Gasteiger partial charge in [-0.3, -0.25) is 10.1 Å². The van der Waals surface area contributed by atoms with E-state index in [1.54, 1.807) is 12.1 Å². The quantitative estimate of drug-likeness (QED) is 0.581. The fourth-order valence-corrected chi connectivity index (χ4v) is 3.17. The van der Waals surface area contributed by atoms with Gasteiger partial charge in [0.15, 0.2) is 0 Å². The minimum atomic E-state index is -0.349. The van der Waals surface area contributed by atoms with Crippen LogP contribution in [0.2, 0.25) is 0 Å². The van der Waals surface area contributed by atoms with Crippen molar-refractivity contribution in [3.8, 4) is 0 Å². The smallest absolute Gasteiger partial charge is 0.269 e. The number of hydrogen-bond acceptors (Lipinski definition) is 3. The number of non-ortho nitro benzene ring substituents is 1. The summed E-state index contributed by atoms with van der Waals surface area (Å²) in [5, 5.41) is 10.6. The van der Waals surface area contributed by atoms with E-state index in [1.165, 1.54) is 25.7 Å². The Morgan fingerprint density at radius 3 is 2.24 bits per heavy atom. The molecule has 3 rings (SSSR count). The van der Waals surface area contributed by atoms with Crippen LogP contribution in [0.4, 0.5) is 11.4 Å². The summed E-state index contributed by atoms with van der Waals surface area (Å²) >= 11 is 0. The Morgan fingerprint density at radius 2 is 1.71 bits per heavy atom. The fourth-order valence-electron chi connectivity index (χ4n) is 3.17. The van der Waals surface area contributed by atoms with E-state index in [1.807, 2.05) is 12.1 Å². The van der Waals surface area contributed by atoms with Crippen LogP contribution in [0.3, 0.4) is 0 Å². The highest BCUT2D eigenvalue weighted by molar-refractivity contribution is 5.53. The van der Waals surface area contributed by atoms with E-state index < -0.39 is 0 Å². The first-order chi connectivity index (χ1) is 8.19. The number of rotatable bonds is 2. The zero-order valence-electron chi connectivity index (χ0n) is 9.76. The zero-order chi connectivity index (χ0) is 11.9. The molecule has 1 aromatic rings. The molecule has 2 aliphatic rings. The van der Waals surface area contributed by atoms with Gasteiger partial charge in [-0.05, 0) is 25.0 Å². The fraction of sp³-hybridized carbons (Fsp3) is 0.538. The minimum Gasteiger partial charge on any atom is -0.370 e. The summed E-state index contributed by atoms with van der Waals surface area (Å²) in [7, 11) is 0. The molecule has 1 saturated heterocycles. The molecule has 1 aliphatic heterocycles. The molecule has 1 aliphatic carbocycles. The maximum atomic E-state index is 10.6. The summed E-state index contributed by atoms with van der Waals surface area (Å²) < 4.78 is 0. The predicted molar refractivity (Wildman–Crippen MR) is 66.2 cm³/mol. The van der Waals surface area contributed by atoms with Crippen molar-refractivity contribution in [1.82, 2.24) is 0 Å². The van der Waals surface area contributed by atoms with E-state index in [9.17, 15) is 10.1 Å². The second-order valence-electron chi connectivity index (χ2n) is 5.34. The van der Waals surface area contributed by atoms with Crippen molar-refractivity contribution < 1.29 is 4.92 Å². The first kappa shape index (κ1) is 10.6. The van der Waals surface area contributed by atoms with Gasteiger partial charge in [0.2, 0.25) is 0 Å². The molecule has 1 spiro atoms. The maximum Gasteiger partial charge on any atom is 0.269 e. The normalized spacial score (nSPS) is 21.5. The summed E-state index contributed by atoms with van der Waals surface area (Å²) in [6.45, 7) is 2.26. The molecule has 0 bridgehead atoms. The number of anilines is 1. The van der Waals surface area contributed by atoms with Crippen molar-refractivity contribution in [2.75, 3.05) is 18.0 Å². The molecule has 0 N–H and O–H groups in total. The molecule has 0 radical (unpaired) electrons. The van der Waals surface area contributed by atoms with Gasteiger partial charge in [-0.2, -0.15) is 0 Å². The number of nitro groups is 1. The highest BCUT2D eigenvalue weighted by atomic mass is 16.6. The van der Waals surface area contributed by atoms with Gasteiger partial charge < -0.3 is 4.90 Å². The van der Waals surface area contributed by atoms with Crippen LogP contribution in [0.25, 0.3) is 0 Å². The molecule has 4 nitrogen and oxygen atoms in total. The third kappa shape index (κ3) is 1.77. The topological polar surface area (TPSA) is 46.4 Å². The van der Waals surface area contributed by atoms with E-state index in [4.69, 9.17) is 0 Å². The van der Waals surface area contributed by atoms with E-state index in [0.29, 0.717) is 5.41 Å². The Kier molecular flexibility index (Phi) is 2.31. The molecule has 90 valence electrons. The molecule has 0 amide bonds. The van der Waals surface area contributed by atoms with Gasteiger partial charge in [-0.1, -0.05) is 12.8 Å². The molecule has 2 fully saturated rings. The van der Waals surface area contributed by atoms with Gasteiger partial charge >= 0.3 is 0 Å². The lowest BCUT2D eigenvalue weighted by Gasteiger charge is -2.49. The van der Waals surface area contributed by atoms with Crippen molar-refractivity contribution in [1.29, 1.82) is 0 Å². The predicted octanol–water partition coefficient (Wildman–Crippen LogP) is 2.98. The Balaban J connectivity index is 1.68. The van der Waals surface area contributed by atoms with Gasteiger partial charge in [-0.25, -0.2) is 0 Å². The van der Waals surface area contributed by atoms with Crippen molar-refractivity contribution in [2.45, 2.75) is 25.7 Å². The molecule has 1 saturated carbocycles. The SMILES string of the molecule is O=[N+]([O-])c1ccc(N2CC3(CCCC3)C2)cc1. The van der Waals surface area contributed by atoms with E-state index in [2.05, 4.69) is 4.90 Å². The third-order valence-electron chi connectivity index (χ3n) is 4.14. The molecular weight excluding hydrogens is 216 g/mol. The first-order valence-corrected chi connectivity index (χ1v) is 6.18. The van der Waals surface area contributed by atoms with E-state index in [-0.39, 0.29) is 10.6 Å². The third-order valence-corrected chi connectivity index (χ3v) is 4.14. The molecule has 1 aromatic carbocycles. The highest BCUT2D eigenvalue weighted by Crippen LogP contribution is 2.46. The van der Waals surface area contributed by atoms with Crippen LogP contribution in [0.1, 0.15) is 25.7 Å². The van der Waals surface area contributed by atoms with Crippen LogP contribution in [0, 0.1) is 15.5 Å². The first-order valence-electron chi connectivity index (χ1n) is 6.18. The molecule has 1 heterocycles. The van der Waals surface area contributed by atoms with Crippen LogP contribution in [-0.2, 0) is 0 Å². The Labute approximate surface area is 100 Å². The molecule has 0 atom stereocenters. The van der Waals surface area contributed by atoms with Gasteiger partial charge in [0.1, 0.15) is 0 Å². The highest BCUT2D eigenvalue weighted by Gasteiger charge is 2.44. The average Bonchev–Trinajstić information content (AvgIpc) is 2.76. The summed E-state index contributed by atoms with van der Waals surface area (Å²) in [5.74, 6) is 0. The Bertz CT molecular complexity index is 427. The van der Waals surface area contributed by atoms with Gasteiger partial charge in [-0.15, -0.1) is 0 Å². The standard InChI is InChI=1S/C13H16N2O2/c16-15(17)12-5-3-11(4-6-12)14-9-13(10-14)7-1-2-8-13/h3-6H,1-2,7-10H2. The number of hydrogen-bond donors (Lipinski definition) is 0. The summed E-state index contributed by atoms with van der Waals surface area (Å²) in [6, 6.07) is 6.91. The Morgan fingerprint density at radius 1 is 1.12 bits per heavy atom. The lowest BCUT2D eigenvalue weighted by Crippen LogP contribution is -2.55. The van der Waals surface area contributed by atoms with E-state index >= 15 is 0 Å². The largest absolute Gasteiger partial charge is 0.370 e. The molecule has 0 unspecified atom stereocenters. The summed E-state index contributed by atoms with van der Waals surface area (Å²) in [6.07, 6.45) is 5.45. The average molecular weight is 232 g/mol. The molecule has 17 heavy (non-hydrogen) atoms. The van der Waals surface area contributed by atoms with Crippen molar-refractivity contribution in [2.24, 2.45) is 5.41 Å². The van der Waals surface area contributed by atoms with Crippen LogP contribution >= 0.6 is 0 Å². The summed E-state index contributed by atoms with van der Waals surface area (Å²) in [5.41, 5.74) is 1.86. The van der Waals surface area contributed by atoms with Gasteiger partial charge in [0.25, 0.3) is 5.69 Å². The lowest BCUT2D eigenvalue weighted by molar-refractivity contribution is -0.384. The van der Waals surface area contributed by atoms with Crippen LogP contribution in [-0.4, -0.2) is 18.0 Å². The second kappa shape index (κ2) is 3.72.